The van der Waals surface area contributed by atoms with Gasteiger partial charge in [-0.05, 0) is 36.2 Å². The van der Waals surface area contributed by atoms with Gasteiger partial charge < -0.3 is 10.2 Å². The summed E-state index contributed by atoms with van der Waals surface area (Å²) >= 11 is 0. The number of hydrogen-bond acceptors (Lipinski definition) is 5. The van der Waals surface area contributed by atoms with E-state index in [4.69, 9.17) is 0 Å². The van der Waals surface area contributed by atoms with Crippen molar-refractivity contribution in [2.75, 3.05) is 29.9 Å². The fourth-order valence-electron chi connectivity index (χ4n) is 3.07. The van der Waals surface area contributed by atoms with Crippen LogP contribution in [0, 0.1) is 0 Å². The molecule has 0 amide bonds. The molecule has 5 heteroatoms. The number of benzene rings is 1. The standard InChI is InChI=1S/C19H19N5/c1-2-4-18-16(3-1)8-13-24(18)14-12-22-19-21-11-7-17(23-19)15-5-9-20-10-6-15/h1-7,9-11H,8,12-14H2,(H,21,22,23). The third-order valence-corrected chi connectivity index (χ3v) is 4.28. The van der Waals surface area contributed by atoms with Crippen LogP contribution in [0.5, 0.6) is 0 Å². The molecule has 0 bridgehead atoms. The SMILES string of the molecule is c1ccc2c(c1)CCN2CCNc1nccc(-c2ccncc2)n1. The van der Waals surface area contributed by atoms with Gasteiger partial charge in [0.1, 0.15) is 0 Å². The van der Waals surface area contributed by atoms with Crippen molar-refractivity contribution in [3.05, 3.63) is 66.6 Å². The molecule has 1 aromatic carbocycles. The van der Waals surface area contributed by atoms with E-state index in [0.717, 1.165) is 37.3 Å². The fraction of sp³-hybridized carbons (Fsp3) is 0.211. The summed E-state index contributed by atoms with van der Waals surface area (Å²) in [5, 5.41) is 3.33. The molecule has 1 N–H and O–H groups in total. The van der Waals surface area contributed by atoms with Crippen LogP contribution in [0.4, 0.5) is 11.6 Å². The Balaban J connectivity index is 1.39. The van der Waals surface area contributed by atoms with Crippen LogP contribution >= 0.6 is 0 Å². The fourth-order valence-corrected chi connectivity index (χ4v) is 3.07. The lowest BCUT2D eigenvalue weighted by Gasteiger charge is -2.19. The molecule has 3 aromatic rings. The number of anilines is 2. The Kier molecular flexibility index (Phi) is 4.06. The second-order valence-electron chi connectivity index (χ2n) is 5.79. The van der Waals surface area contributed by atoms with Gasteiger partial charge in [0.25, 0.3) is 0 Å². The van der Waals surface area contributed by atoms with Crippen molar-refractivity contribution < 1.29 is 0 Å². The van der Waals surface area contributed by atoms with E-state index in [1.807, 2.05) is 18.2 Å². The van der Waals surface area contributed by atoms with E-state index in [1.54, 1.807) is 18.6 Å². The average molecular weight is 317 g/mol. The van der Waals surface area contributed by atoms with E-state index < -0.39 is 0 Å². The van der Waals surface area contributed by atoms with Crippen molar-refractivity contribution in [3.8, 4) is 11.3 Å². The Morgan fingerprint density at radius 2 is 1.88 bits per heavy atom. The quantitative estimate of drug-likeness (QED) is 0.784. The molecule has 0 unspecified atom stereocenters. The third-order valence-electron chi connectivity index (χ3n) is 4.28. The van der Waals surface area contributed by atoms with Gasteiger partial charge >= 0.3 is 0 Å². The number of rotatable bonds is 5. The van der Waals surface area contributed by atoms with Gasteiger partial charge in [-0.15, -0.1) is 0 Å². The average Bonchev–Trinajstić information content (AvgIpc) is 3.06. The molecule has 24 heavy (non-hydrogen) atoms. The molecule has 120 valence electrons. The Morgan fingerprint density at radius 1 is 1.00 bits per heavy atom. The lowest BCUT2D eigenvalue weighted by Crippen LogP contribution is -2.27. The summed E-state index contributed by atoms with van der Waals surface area (Å²) in [5.41, 5.74) is 4.74. The highest BCUT2D eigenvalue weighted by molar-refractivity contribution is 5.59. The number of para-hydroxylation sites is 1. The summed E-state index contributed by atoms with van der Waals surface area (Å²) < 4.78 is 0. The summed E-state index contributed by atoms with van der Waals surface area (Å²) in [6.45, 7) is 2.84. The minimum atomic E-state index is 0.664. The van der Waals surface area contributed by atoms with Crippen molar-refractivity contribution in [1.29, 1.82) is 0 Å². The number of pyridine rings is 1. The summed E-state index contributed by atoms with van der Waals surface area (Å²) in [4.78, 5) is 15.4. The zero-order valence-corrected chi connectivity index (χ0v) is 13.4. The Morgan fingerprint density at radius 3 is 2.79 bits per heavy atom. The van der Waals surface area contributed by atoms with Gasteiger partial charge in [-0.1, -0.05) is 18.2 Å². The van der Waals surface area contributed by atoms with Gasteiger partial charge in [-0.25, -0.2) is 9.97 Å². The monoisotopic (exact) mass is 317 g/mol. The number of nitrogens with one attached hydrogen (secondary N) is 1. The molecule has 5 nitrogen and oxygen atoms in total. The Bertz CT molecular complexity index is 819. The number of fused-ring (bicyclic) bond motifs is 1. The van der Waals surface area contributed by atoms with Crippen LogP contribution < -0.4 is 10.2 Å². The normalized spacial score (nSPS) is 12.9. The van der Waals surface area contributed by atoms with Crippen molar-refractivity contribution in [3.63, 3.8) is 0 Å². The molecule has 0 radical (unpaired) electrons. The molecular weight excluding hydrogens is 298 g/mol. The highest BCUT2D eigenvalue weighted by Gasteiger charge is 2.17. The van der Waals surface area contributed by atoms with Crippen LogP contribution in [0.15, 0.2) is 61.1 Å². The van der Waals surface area contributed by atoms with E-state index in [1.165, 1.54) is 11.3 Å². The van der Waals surface area contributed by atoms with Gasteiger partial charge in [0.15, 0.2) is 0 Å². The van der Waals surface area contributed by atoms with Gasteiger partial charge in [0.2, 0.25) is 5.95 Å². The van der Waals surface area contributed by atoms with Gasteiger partial charge in [-0.3, -0.25) is 4.98 Å². The van der Waals surface area contributed by atoms with Crippen LogP contribution in [0.3, 0.4) is 0 Å². The minimum absolute atomic E-state index is 0.664. The first-order chi connectivity index (χ1) is 11.9. The first-order valence-corrected chi connectivity index (χ1v) is 8.20. The van der Waals surface area contributed by atoms with E-state index in [9.17, 15) is 0 Å². The maximum atomic E-state index is 4.58. The van der Waals surface area contributed by atoms with E-state index in [2.05, 4.69) is 49.4 Å². The van der Waals surface area contributed by atoms with Gasteiger partial charge in [-0.2, -0.15) is 0 Å². The van der Waals surface area contributed by atoms with Crippen molar-refractivity contribution >= 4 is 11.6 Å². The molecule has 0 saturated heterocycles. The van der Waals surface area contributed by atoms with Crippen LogP contribution in [0.1, 0.15) is 5.56 Å². The summed E-state index contributed by atoms with van der Waals surface area (Å²) in [5.74, 6) is 0.664. The number of aromatic nitrogens is 3. The largest absolute Gasteiger partial charge is 0.369 e. The maximum Gasteiger partial charge on any atom is 0.223 e. The first-order valence-electron chi connectivity index (χ1n) is 8.20. The van der Waals surface area contributed by atoms with Gasteiger partial charge in [0.05, 0.1) is 5.69 Å². The number of hydrogen-bond donors (Lipinski definition) is 1. The zero-order valence-electron chi connectivity index (χ0n) is 13.4. The second-order valence-corrected chi connectivity index (χ2v) is 5.79. The van der Waals surface area contributed by atoms with Crippen LogP contribution in [0.25, 0.3) is 11.3 Å². The molecule has 0 spiro atoms. The molecule has 0 atom stereocenters. The molecule has 3 heterocycles. The van der Waals surface area contributed by atoms with E-state index in [-0.39, 0.29) is 0 Å². The summed E-state index contributed by atoms with van der Waals surface area (Å²) in [7, 11) is 0. The molecule has 2 aromatic heterocycles. The Hall–Kier alpha value is -2.95. The topological polar surface area (TPSA) is 53.9 Å². The van der Waals surface area contributed by atoms with E-state index >= 15 is 0 Å². The lowest BCUT2D eigenvalue weighted by atomic mass is 10.2. The lowest BCUT2D eigenvalue weighted by molar-refractivity contribution is 0.834. The molecule has 0 saturated carbocycles. The first kappa shape index (κ1) is 14.6. The number of nitrogens with zero attached hydrogens (tertiary/aromatic N) is 4. The third kappa shape index (κ3) is 3.06. The molecule has 4 rings (SSSR count). The second kappa shape index (κ2) is 6.66. The zero-order chi connectivity index (χ0) is 16.2. The predicted molar refractivity (Wildman–Crippen MR) is 96.1 cm³/mol. The molecule has 0 fully saturated rings. The van der Waals surface area contributed by atoms with Crippen LogP contribution in [-0.2, 0) is 6.42 Å². The molecule has 0 aliphatic carbocycles. The summed E-state index contributed by atoms with van der Waals surface area (Å²) in [6, 6.07) is 14.4. The highest BCUT2D eigenvalue weighted by atomic mass is 15.2. The Labute approximate surface area is 141 Å². The highest BCUT2D eigenvalue weighted by Crippen LogP contribution is 2.26. The predicted octanol–water partition coefficient (Wildman–Crippen LogP) is 3.01. The molecular formula is C19H19N5. The van der Waals surface area contributed by atoms with Crippen LogP contribution in [-0.4, -0.2) is 34.6 Å². The summed E-state index contributed by atoms with van der Waals surface area (Å²) in [6.07, 6.45) is 6.46. The van der Waals surface area contributed by atoms with Crippen LogP contribution in [0.2, 0.25) is 0 Å². The van der Waals surface area contributed by atoms with Crippen molar-refractivity contribution in [1.82, 2.24) is 15.0 Å². The van der Waals surface area contributed by atoms with Crippen molar-refractivity contribution in [2.24, 2.45) is 0 Å². The molecule has 1 aliphatic heterocycles. The molecule has 1 aliphatic rings. The maximum absolute atomic E-state index is 4.58. The van der Waals surface area contributed by atoms with Crippen molar-refractivity contribution in [2.45, 2.75) is 6.42 Å². The van der Waals surface area contributed by atoms with Gasteiger partial charge in [0, 0.05) is 49.5 Å². The minimum Gasteiger partial charge on any atom is -0.369 e. The van der Waals surface area contributed by atoms with E-state index in [0.29, 0.717) is 5.95 Å². The smallest absolute Gasteiger partial charge is 0.223 e.